The molecule has 1 nitrogen and oxygen atoms in total. The first-order chi connectivity index (χ1) is 8.13. The van der Waals surface area contributed by atoms with Crippen molar-refractivity contribution < 1.29 is 4.74 Å². The molecule has 2 rings (SSSR count). The fourth-order valence-corrected chi connectivity index (χ4v) is 3.95. The highest BCUT2D eigenvalue weighted by atomic mass is 28.1. The zero-order chi connectivity index (χ0) is 12.3. The molecule has 0 bridgehead atoms. The second-order valence-corrected chi connectivity index (χ2v) is 7.30. The summed E-state index contributed by atoms with van der Waals surface area (Å²) in [6.07, 6.45) is 3.85. The van der Waals surface area contributed by atoms with E-state index in [0.29, 0.717) is 11.8 Å². The molecule has 1 aromatic rings. The Bertz CT molecular complexity index is 343. The van der Waals surface area contributed by atoms with Crippen LogP contribution >= 0.6 is 0 Å². The molecule has 0 spiro atoms. The highest BCUT2D eigenvalue weighted by molar-refractivity contribution is 6.14. The Balaban J connectivity index is 2.11. The monoisotopic (exact) mass is 248 g/mol. The van der Waals surface area contributed by atoms with E-state index in [1.54, 1.807) is 0 Å². The third kappa shape index (κ3) is 2.80. The van der Waals surface area contributed by atoms with Crippen LogP contribution in [0.3, 0.4) is 0 Å². The van der Waals surface area contributed by atoms with Crippen molar-refractivity contribution >= 4 is 10.2 Å². The van der Waals surface area contributed by atoms with Crippen molar-refractivity contribution in [2.75, 3.05) is 6.61 Å². The molecule has 94 valence electrons. The number of rotatable bonds is 3. The molecule has 1 heterocycles. The Morgan fingerprint density at radius 1 is 1.18 bits per heavy atom. The molecular weight excluding hydrogens is 224 g/mol. The SMILES string of the molecule is CC(c1ccccc1)C(C)C1([SiH3])CCCCO1. The van der Waals surface area contributed by atoms with Gasteiger partial charge in [-0.1, -0.05) is 44.2 Å². The largest absolute Gasteiger partial charge is 0.379 e. The van der Waals surface area contributed by atoms with Gasteiger partial charge in [-0.25, -0.2) is 0 Å². The van der Waals surface area contributed by atoms with Gasteiger partial charge in [0.05, 0.1) is 5.22 Å². The zero-order valence-corrected chi connectivity index (χ0v) is 13.3. The lowest BCUT2D eigenvalue weighted by Gasteiger charge is -2.42. The Hall–Kier alpha value is -0.603. The minimum Gasteiger partial charge on any atom is -0.379 e. The molecule has 1 fully saturated rings. The van der Waals surface area contributed by atoms with Crippen LogP contribution in [0.25, 0.3) is 0 Å². The van der Waals surface area contributed by atoms with Crippen molar-refractivity contribution in [3.63, 3.8) is 0 Å². The standard InChI is InChI=1S/C15H24OSi/c1-12(14-8-4-3-5-9-14)13(2)15(17)10-6-7-11-16-15/h3-5,8-9,12-13H,6-7,10-11H2,1-2,17H3. The first kappa shape index (κ1) is 12.8. The van der Waals surface area contributed by atoms with E-state index in [1.807, 2.05) is 0 Å². The summed E-state index contributed by atoms with van der Waals surface area (Å²) < 4.78 is 6.13. The Labute approximate surface area is 108 Å². The van der Waals surface area contributed by atoms with Gasteiger partial charge in [0.1, 0.15) is 0 Å². The molecule has 17 heavy (non-hydrogen) atoms. The molecule has 1 aliphatic heterocycles. The van der Waals surface area contributed by atoms with Crippen molar-refractivity contribution in [1.29, 1.82) is 0 Å². The summed E-state index contributed by atoms with van der Waals surface area (Å²) >= 11 is 0. The number of hydrogen-bond acceptors (Lipinski definition) is 1. The van der Waals surface area contributed by atoms with Gasteiger partial charge in [-0.15, -0.1) is 0 Å². The number of benzene rings is 1. The molecule has 1 aromatic carbocycles. The first-order valence-electron chi connectivity index (χ1n) is 6.82. The molecule has 0 N–H and O–H groups in total. The normalized spacial score (nSPS) is 28.8. The molecule has 3 unspecified atom stereocenters. The zero-order valence-electron chi connectivity index (χ0n) is 11.3. The summed E-state index contributed by atoms with van der Waals surface area (Å²) in [4.78, 5) is 0. The van der Waals surface area contributed by atoms with Gasteiger partial charge < -0.3 is 4.74 Å². The number of hydrogen-bond donors (Lipinski definition) is 0. The number of ether oxygens (including phenoxy) is 1. The molecule has 1 aliphatic rings. The second kappa shape index (κ2) is 5.36. The van der Waals surface area contributed by atoms with Crippen LogP contribution in [-0.2, 0) is 4.74 Å². The van der Waals surface area contributed by atoms with Crippen LogP contribution < -0.4 is 0 Å². The topological polar surface area (TPSA) is 9.23 Å². The average Bonchev–Trinajstić information content (AvgIpc) is 2.39. The quantitative estimate of drug-likeness (QED) is 0.747. The molecule has 0 aliphatic carbocycles. The van der Waals surface area contributed by atoms with E-state index in [4.69, 9.17) is 4.74 Å². The third-order valence-electron chi connectivity index (χ3n) is 4.54. The average molecular weight is 248 g/mol. The Morgan fingerprint density at radius 3 is 2.47 bits per heavy atom. The first-order valence-corrected chi connectivity index (χ1v) is 7.82. The van der Waals surface area contributed by atoms with Crippen LogP contribution in [0.4, 0.5) is 0 Å². The lowest BCUT2D eigenvalue weighted by molar-refractivity contribution is -0.0564. The van der Waals surface area contributed by atoms with Gasteiger partial charge in [-0.2, -0.15) is 0 Å². The minimum absolute atomic E-state index is 0.202. The van der Waals surface area contributed by atoms with Crippen LogP contribution in [0.5, 0.6) is 0 Å². The van der Waals surface area contributed by atoms with Crippen LogP contribution in [0.15, 0.2) is 30.3 Å². The molecule has 0 radical (unpaired) electrons. The molecule has 1 saturated heterocycles. The highest BCUT2D eigenvalue weighted by Crippen LogP contribution is 2.37. The van der Waals surface area contributed by atoms with Crippen molar-refractivity contribution in [3.8, 4) is 0 Å². The lowest BCUT2D eigenvalue weighted by atomic mass is 9.82. The highest BCUT2D eigenvalue weighted by Gasteiger charge is 2.36. The second-order valence-electron chi connectivity index (χ2n) is 5.61. The van der Waals surface area contributed by atoms with Crippen molar-refractivity contribution in [2.24, 2.45) is 5.92 Å². The van der Waals surface area contributed by atoms with Gasteiger partial charge in [-0.05, 0) is 36.7 Å². The maximum atomic E-state index is 6.13. The molecule has 0 amide bonds. The molecular formula is C15H24OSi. The summed E-state index contributed by atoms with van der Waals surface area (Å²) in [5.41, 5.74) is 1.45. The van der Waals surface area contributed by atoms with Gasteiger partial charge in [0.2, 0.25) is 0 Å². The fraction of sp³-hybridized carbons (Fsp3) is 0.600. The Morgan fingerprint density at radius 2 is 1.88 bits per heavy atom. The van der Waals surface area contributed by atoms with Crippen molar-refractivity contribution in [1.82, 2.24) is 0 Å². The maximum absolute atomic E-state index is 6.13. The third-order valence-corrected chi connectivity index (χ3v) is 6.24. The summed E-state index contributed by atoms with van der Waals surface area (Å²) in [7, 11) is 1.14. The van der Waals surface area contributed by atoms with Crippen LogP contribution in [-0.4, -0.2) is 22.1 Å². The smallest absolute Gasteiger partial charge is 0.0516 e. The van der Waals surface area contributed by atoms with Crippen LogP contribution in [0, 0.1) is 5.92 Å². The van der Waals surface area contributed by atoms with E-state index in [2.05, 4.69) is 44.2 Å². The van der Waals surface area contributed by atoms with E-state index < -0.39 is 0 Å². The van der Waals surface area contributed by atoms with E-state index in [9.17, 15) is 0 Å². The summed E-state index contributed by atoms with van der Waals surface area (Å²) in [6.45, 7) is 5.68. The molecule has 0 saturated carbocycles. The van der Waals surface area contributed by atoms with Crippen molar-refractivity contribution in [2.45, 2.75) is 44.3 Å². The van der Waals surface area contributed by atoms with Gasteiger partial charge >= 0.3 is 0 Å². The van der Waals surface area contributed by atoms with E-state index in [0.717, 1.165) is 16.8 Å². The summed E-state index contributed by atoms with van der Waals surface area (Å²) in [5, 5.41) is 0.202. The van der Waals surface area contributed by atoms with Crippen LogP contribution in [0.1, 0.15) is 44.6 Å². The lowest BCUT2D eigenvalue weighted by Crippen LogP contribution is -2.45. The summed E-state index contributed by atoms with van der Waals surface area (Å²) in [5.74, 6) is 1.21. The van der Waals surface area contributed by atoms with Crippen molar-refractivity contribution in [3.05, 3.63) is 35.9 Å². The van der Waals surface area contributed by atoms with Gasteiger partial charge in [0.25, 0.3) is 0 Å². The maximum Gasteiger partial charge on any atom is 0.0516 e. The fourth-order valence-electron chi connectivity index (χ4n) is 2.89. The van der Waals surface area contributed by atoms with Crippen LogP contribution in [0.2, 0.25) is 0 Å². The molecule has 0 aromatic heterocycles. The molecule has 2 heteroatoms. The minimum atomic E-state index is 0.202. The van der Waals surface area contributed by atoms with Gasteiger partial charge in [0, 0.05) is 16.8 Å². The van der Waals surface area contributed by atoms with E-state index in [1.165, 1.54) is 24.8 Å². The van der Waals surface area contributed by atoms with E-state index >= 15 is 0 Å². The summed E-state index contributed by atoms with van der Waals surface area (Å²) in [6, 6.07) is 10.9. The van der Waals surface area contributed by atoms with E-state index in [-0.39, 0.29) is 5.22 Å². The molecule has 3 atom stereocenters. The van der Waals surface area contributed by atoms with Gasteiger partial charge in [0.15, 0.2) is 0 Å². The predicted octanol–water partition coefficient (Wildman–Crippen LogP) is 2.69. The Kier molecular flexibility index (Phi) is 4.05. The van der Waals surface area contributed by atoms with Gasteiger partial charge in [-0.3, -0.25) is 0 Å². The predicted molar refractivity (Wildman–Crippen MR) is 76.5 cm³/mol.